The second-order valence-corrected chi connectivity index (χ2v) is 7.82. The van der Waals surface area contributed by atoms with Gasteiger partial charge in [-0.25, -0.2) is 0 Å². The molecule has 1 fully saturated rings. The first kappa shape index (κ1) is 18.0. The normalized spacial score (nSPS) is 15.6. The number of quaternary nitrogens is 1. The zero-order valence-corrected chi connectivity index (χ0v) is 16.0. The van der Waals surface area contributed by atoms with Gasteiger partial charge in [-0.05, 0) is 44.0 Å². The number of nitrogens with zero attached hydrogens (tertiary/aromatic N) is 2. The van der Waals surface area contributed by atoms with Crippen molar-refractivity contribution < 1.29 is 14.2 Å². The largest absolute Gasteiger partial charge is 0.361 e. The summed E-state index contributed by atoms with van der Waals surface area (Å²) in [4.78, 5) is 17.1. The van der Waals surface area contributed by atoms with E-state index in [1.807, 2.05) is 17.9 Å². The van der Waals surface area contributed by atoms with Crippen LogP contribution in [-0.2, 0) is 11.3 Å². The van der Waals surface area contributed by atoms with E-state index in [2.05, 4.69) is 37.2 Å². The highest BCUT2D eigenvalue weighted by molar-refractivity contribution is 8.00. The van der Waals surface area contributed by atoms with Crippen molar-refractivity contribution in [1.29, 1.82) is 0 Å². The number of carbonyl (C=O) groups is 1. The number of hydrogen-bond acceptors (Lipinski definition) is 4. The van der Waals surface area contributed by atoms with Crippen LogP contribution in [-0.4, -0.2) is 47.9 Å². The molecule has 3 rings (SSSR count). The molecule has 0 saturated carbocycles. The van der Waals surface area contributed by atoms with E-state index in [0.717, 1.165) is 44.2 Å². The van der Waals surface area contributed by atoms with Crippen molar-refractivity contribution >= 4 is 17.7 Å². The Morgan fingerprint density at radius 1 is 1.20 bits per heavy atom. The second-order valence-electron chi connectivity index (χ2n) is 6.77. The molecule has 0 radical (unpaired) electrons. The summed E-state index contributed by atoms with van der Waals surface area (Å²) in [6, 6.07) is 8.37. The van der Waals surface area contributed by atoms with Crippen LogP contribution in [0.1, 0.15) is 22.6 Å². The summed E-state index contributed by atoms with van der Waals surface area (Å²) in [5.74, 6) is 1.60. The molecule has 1 amide bonds. The van der Waals surface area contributed by atoms with Crippen LogP contribution in [0.3, 0.4) is 0 Å². The summed E-state index contributed by atoms with van der Waals surface area (Å²) in [6.07, 6.45) is 0. The number of aromatic nitrogens is 1. The summed E-state index contributed by atoms with van der Waals surface area (Å²) in [6.45, 7) is 10.6. The molecule has 1 aromatic carbocycles. The van der Waals surface area contributed by atoms with Crippen LogP contribution < -0.4 is 4.90 Å². The molecule has 0 atom stereocenters. The molecule has 1 saturated heterocycles. The lowest BCUT2D eigenvalue weighted by molar-refractivity contribution is -0.918. The third-order valence-corrected chi connectivity index (χ3v) is 5.75. The molecule has 2 heterocycles. The van der Waals surface area contributed by atoms with E-state index in [1.165, 1.54) is 20.9 Å². The molecule has 0 aliphatic carbocycles. The Morgan fingerprint density at radius 3 is 2.60 bits per heavy atom. The molecular weight excluding hydrogens is 334 g/mol. The number of carbonyl (C=O) groups excluding carboxylic acids is 1. The van der Waals surface area contributed by atoms with Crippen LogP contribution in [0, 0.1) is 20.8 Å². The highest BCUT2D eigenvalue weighted by atomic mass is 32.2. The maximum Gasteiger partial charge on any atom is 0.233 e. The molecule has 6 heteroatoms. The Kier molecular flexibility index (Phi) is 5.81. The summed E-state index contributed by atoms with van der Waals surface area (Å²) in [5, 5.41) is 4.06. The minimum atomic E-state index is 0.236. The van der Waals surface area contributed by atoms with Gasteiger partial charge in [0.2, 0.25) is 5.91 Å². The van der Waals surface area contributed by atoms with Crippen molar-refractivity contribution in [3.63, 3.8) is 0 Å². The molecule has 25 heavy (non-hydrogen) atoms. The fourth-order valence-electron chi connectivity index (χ4n) is 3.05. The Balaban J connectivity index is 1.44. The van der Waals surface area contributed by atoms with E-state index in [9.17, 15) is 4.79 Å². The number of hydrogen-bond donors (Lipinski definition) is 1. The highest BCUT2D eigenvalue weighted by Gasteiger charge is 2.24. The topological polar surface area (TPSA) is 50.8 Å². The Bertz CT molecular complexity index is 736. The molecule has 5 nitrogen and oxygen atoms in total. The predicted octanol–water partition coefficient (Wildman–Crippen LogP) is 1.62. The van der Waals surface area contributed by atoms with Crippen LogP contribution in [0.2, 0.25) is 0 Å². The van der Waals surface area contributed by atoms with Crippen molar-refractivity contribution in [1.82, 2.24) is 10.1 Å². The minimum absolute atomic E-state index is 0.236. The maximum atomic E-state index is 12.5. The molecule has 1 aromatic heterocycles. The standard InChI is InChI=1S/C19H25N3O2S/c1-14-4-5-18(10-15(14)2)25-13-19(23)22-8-6-21(7-9-22)12-17-11-16(3)24-20-17/h4-5,10-11H,6-9,12-13H2,1-3H3/p+1. The first-order chi connectivity index (χ1) is 12.0. The Labute approximate surface area is 153 Å². The minimum Gasteiger partial charge on any atom is -0.361 e. The quantitative estimate of drug-likeness (QED) is 0.824. The van der Waals surface area contributed by atoms with E-state index in [-0.39, 0.29) is 5.91 Å². The van der Waals surface area contributed by atoms with Crippen LogP contribution >= 0.6 is 11.8 Å². The fourth-order valence-corrected chi connectivity index (χ4v) is 3.94. The van der Waals surface area contributed by atoms with Gasteiger partial charge in [-0.3, -0.25) is 4.79 Å². The Hall–Kier alpha value is -1.79. The summed E-state index contributed by atoms with van der Waals surface area (Å²) in [7, 11) is 0. The van der Waals surface area contributed by atoms with Crippen molar-refractivity contribution in [2.75, 3.05) is 31.9 Å². The van der Waals surface area contributed by atoms with Gasteiger partial charge in [0, 0.05) is 11.0 Å². The number of rotatable bonds is 5. The van der Waals surface area contributed by atoms with Gasteiger partial charge >= 0.3 is 0 Å². The van der Waals surface area contributed by atoms with Crippen molar-refractivity contribution in [2.24, 2.45) is 0 Å². The van der Waals surface area contributed by atoms with Crippen LogP contribution in [0.15, 0.2) is 33.7 Å². The molecule has 0 spiro atoms. The lowest BCUT2D eigenvalue weighted by Crippen LogP contribution is -3.13. The highest BCUT2D eigenvalue weighted by Crippen LogP contribution is 2.21. The van der Waals surface area contributed by atoms with Gasteiger partial charge in [-0.2, -0.15) is 0 Å². The van der Waals surface area contributed by atoms with Crippen molar-refractivity contribution in [3.05, 3.63) is 46.8 Å². The second kappa shape index (κ2) is 8.06. The van der Waals surface area contributed by atoms with Crippen LogP contribution in [0.25, 0.3) is 0 Å². The fraction of sp³-hybridized carbons (Fsp3) is 0.474. The molecule has 134 valence electrons. The predicted molar refractivity (Wildman–Crippen MR) is 98.9 cm³/mol. The number of nitrogens with one attached hydrogen (secondary N) is 1. The maximum absolute atomic E-state index is 12.5. The zero-order valence-electron chi connectivity index (χ0n) is 15.2. The first-order valence-electron chi connectivity index (χ1n) is 8.75. The number of thioether (sulfide) groups is 1. The van der Waals surface area contributed by atoms with Gasteiger partial charge in [0.15, 0.2) is 0 Å². The van der Waals surface area contributed by atoms with Gasteiger partial charge in [-0.1, -0.05) is 11.2 Å². The van der Waals surface area contributed by atoms with Crippen LogP contribution in [0.4, 0.5) is 0 Å². The monoisotopic (exact) mass is 360 g/mol. The first-order valence-corrected chi connectivity index (χ1v) is 9.73. The third kappa shape index (κ3) is 4.86. The third-order valence-electron chi connectivity index (χ3n) is 4.77. The number of piperazine rings is 1. The molecule has 0 bridgehead atoms. The van der Waals surface area contributed by atoms with E-state index in [1.54, 1.807) is 11.8 Å². The smallest absolute Gasteiger partial charge is 0.233 e. The van der Waals surface area contributed by atoms with Gasteiger partial charge < -0.3 is 14.3 Å². The molecular formula is C19H26N3O2S+. The lowest BCUT2D eigenvalue weighted by atomic mass is 10.1. The van der Waals surface area contributed by atoms with Crippen LogP contribution in [0.5, 0.6) is 0 Å². The van der Waals surface area contributed by atoms with E-state index in [0.29, 0.717) is 5.75 Å². The molecule has 1 aliphatic rings. The van der Waals surface area contributed by atoms with E-state index >= 15 is 0 Å². The molecule has 1 aliphatic heterocycles. The van der Waals surface area contributed by atoms with Gasteiger partial charge in [0.05, 0.1) is 31.9 Å². The lowest BCUT2D eigenvalue weighted by Gasteiger charge is -2.31. The summed E-state index contributed by atoms with van der Waals surface area (Å²) >= 11 is 1.63. The van der Waals surface area contributed by atoms with Gasteiger partial charge in [0.1, 0.15) is 18.0 Å². The van der Waals surface area contributed by atoms with Gasteiger partial charge in [0.25, 0.3) is 0 Å². The van der Waals surface area contributed by atoms with E-state index < -0.39 is 0 Å². The molecule has 2 aromatic rings. The zero-order chi connectivity index (χ0) is 17.8. The summed E-state index contributed by atoms with van der Waals surface area (Å²) in [5.41, 5.74) is 3.56. The van der Waals surface area contributed by atoms with Crippen molar-refractivity contribution in [2.45, 2.75) is 32.2 Å². The average molecular weight is 361 g/mol. The molecule has 0 unspecified atom stereocenters. The summed E-state index contributed by atoms with van der Waals surface area (Å²) < 4.78 is 5.12. The number of benzene rings is 1. The SMILES string of the molecule is Cc1cc(C[NH+]2CCN(C(=O)CSc3ccc(C)c(C)c3)CC2)no1. The van der Waals surface area contributed by atoms with E-state index in [4.69, 9.17) is 4.52 Å². The van der Waals surface area contributed by atoms with Crippen molar-refractivity contribution in [3.8, 4) is 0 Å². The molecule has 1 N–H and O–H groups in total. The van der Waals surface area contributed by atoms with Gasteiger partial charge in [-0.15, -0.1) is 11.8 Å². The average Bonchev–Trinajstić information content (AvgIpc) is 3.01. The Morgan fingerprint density at radius 2 is 1.96 bits per heavy atom. The number of amides is 1. The number of aryl methyl sites for hydroxylation is 3.